The third kappa shape index (κ3) is 2.98. The smallest absolute Gasteiger partial charge is 0.155 e. The fourth-order valence-electron chi connectivity index (χ4n) is 2.42. The number of carbonyl (C=O) groups is 1. The van der Waals surface area contributed by atoms with Crippen LogP contribution < -0.4 is 5.11 Å². The molecule has 0 aliphatic carbocycles. The normalized spacial score (nSPS) is 13.9. The first-order valence-electron chi connectivity index (χ1n) is 6.76. The van der Waals surface area contributed by atoms with Crippen LogP contribution in [0, 0.1) is 0 Å². The number of aliphatic hydroxyl groups is 1. The van der Waals surface area contributed by atoms with Crippen LogP contribution in [-0.2, 0) is 10.4 Å². The van der Waals surface area contributed by atoms with Gasteiger partial charge in [0.15, 0.2) is 5.60 Å². The van der Waals surface area contributed by atoms with Gasteiger partial charge in [0, 0.05) is 10.0 Å². The Balaban J connectivity index is 2.72. The van der Waals surface area contributed by atoms with Crippen LogP contribution in [0.5, 0.6) is 0 Å². The van der Waals surface area contributed by atoms with Crippen molar-refractivity contribution < 1.29 is 15.0 Å². The molecular weight excluding hydrogens is 323 g/mol. The van der Waals surface area contributed by atoms with E-state index in [4.69, 9.17) is 23.2 Å². The summed E-state index contributed by atoms with van der Waals surface area (Å²) in [5, 5.41) is 23.6. The summed E-state index contributed by atoms with van der Waals surface area (Å²) in [5.41, 5.74) is -1.20. The Hall–Kier alpha value is -1.55. The Morgan fingerprint density at radius 2 is 1.64 bits per heavy atom. The molecule has 0 saturated heterocycles. The van der Waals surface area contributed by atoms with E-state index in [0.717, 1.165) is 0 Å². The molecule has 0 aliphatic rings. The lowest BCUT2D eigenvalue weighted by molar-refractivity contribution is -0.322. The summed E-state index contributed by atoms with van der Waals surface area (Å²) in [5.74, 6) is -1.62. The minimum absolute atomic E-state index is 0.0214. The molecule has 0 radical (unpaired) electrons. The van der Waals surface area contributed by atoms with E-state index >= 15 is 0 Å². The Morgan fingerprint density at radius 1 is 1.09 bits per heavy atom. The van der Waals surface area contributed by atoms with Crippen LogP contribution in [0.2, 0.25) is 10.0 Å². The monoisotopic (exact) mass is 337 g/mol. The van der Waals surface area contributed by atoms with E-state index in [1.165, 1.54) is 30.3 Å². The number of carbonyl (C=O) groups excluding carboxylic acids is 1. The van der Waals surface area contributed by atoms with Gasteiger partial charge in [-0.1, -0.05) is 55.2 Å². The Kier molecular flexibility index (Phi) is 4.81. The second kappa shape index (κ2) is 6.29. The molecule has 3 nitrogen and oxygen atoms in total. The number of carboxylic acid groups (broad SMARTS) is 1. The topological polar surface area (TPSA) is 60.4 Å². The molecule has 0 fully saturated rings. The zero-order chi connectivity index (χ0) is 16.5. The zero-order valence-corrected chi connectivity index (χ0v) is 13.7. The lowest BCUT2D eigenvalue weighted by Crippen LogP contribution is -2.47. The highest BCUT2D eigenvalue weighted by Gasteiger charge is 2.36. The predicted octanol–water partition coefficient (Wildman–Crippen LogP) is 3.10. The minimum Gasteiger partial charge on any atom is -0.546 e. The van der Waals surface area contributed by atoms with Crippen LogP contribution in [0.1, 0.15) is 36.5 Å². The van der Waals surface area contributed by atoms with Crippen molar-refractivity contribution in [2.75, 3.05) is 0 Å². The van der Waals surface area contributed by atoms with Gasteiger partial charge in [0.2, 0.25) is 0 Å². The molecule has 1 unspecified atom stereocenters. The Bertz CT molecular complexity index is 696. The standard InChI is InChI=1S/C17H16Cl2O3/c1-10(2)14-9-13(19)7-8-15(14)17(22,16(20)21)11-3-5-12(18)6-4-11/h3-10,22H,1-2H3,(H,20,21)/p-1. The van der Waals surface area contributed by atoms with Gasteiger partial charge in [-0.05, 0) is 46.9 Å². The number of rotatable bonds is 4. The lowest BCUT2D eigenvalue weighted by Gasteiger charge is -2.33. The molecule has 2 aromatic rings. The van der Waals surface area contributed by atoms with Crippen molar-refractivity contribution in [3.63, 3.8) is 0 Å². The van der Waals surface area contributed by atoms with E-state index in [1.54, 1.807) is 12.1 Å². The summed E-state index contributed by atoms with van der Waals surface area (Å²) in [6.45, 7) is 3.79. The molecular formula is C17H15Cl2O3-. The SMILES string of the molecule is CC(C)c1cc(Cl)ccc1C(O)(C(=O)[O-])c1ccc(Cl)cc1. The number of carboxylic acids is 1. The molecule has 0 aromatic heterocycles. The molecule has 116 valence electrons. The van der Waals surface area contributed by atoms with Gasteiger partial charge in [0.1, 0.15) is 0 Å². The lowest BCUT2D eigenvalue weighted by atomic mass is 9.81. The predicted molar refractivity (Wildman–Crippen MR) is 85.0 cm³/mol. The molecule has 2 aromatic carbocycles. The molecule has 1 N–H and O–H groups in total. The van der Waals surface area contributed by atoms with E-state index in [9.17, 15) is 15.0 Å². The largest absolute Gasteiger partial charge is 0.546 e. The first-order valence-corrected chi connectivity index (χ1v) is 7.52. The number of halogens is 2. The van der Waals surface area contributed by atoms with Crippen molar-refractivity contribution in [3.8, 4) is 0 Å². The summed E-state index contributed by atoms with van der Waals surface area (Å²) < 4.78 is 0. The third-order valence-corrected chi connectivity index (χ3v) is 4.07. The minimum atomic E-state index is -2.27. The maximum atomic E-state index is 11.7. The number of hydrogen-bond acceptors (Lipinski definition) is 3. The molecule has 0 heterocycles. The van der Waals surface area contributed by atoms with E-state index < -0.39 is 11.6 Å². The molecule has 0 saturated carbocycles. The Morgan fingerprint density at radius 3 is 2.14 bits per heavy atom. The van der Waals surface area contributed by atoms with Crippen LogP contribution in [0.3, 0.4) is 0 Å². The van der Waals surface area contributed by atoms with Gasteiger partial charge in [-0.3, -0.25) is 0 Å². The maximum absolute atomic E-state index is 11.7. The second-order valence-electron chi connectivity index (χ2n) is 5.39. The van der Waals surface area contributed by atoms with Gasteiger partial charge < -0.3 is 15.0 Å². The van der Waals surface area contributed by atoms with Crippen LogP contribution in [-0.4, -0.2) is 11.1 Å². The van der Waals surface area contributed by atoms with Crippen molar-refractivity contribution in [1.82, 2.24) is 0 Å². The summed E-state index contributed by atoms with van der Waals surface area (Å²) in [4.78, 5) is 11.7. The van der Waals surface area contributed by atoms with Crippen molar-refractivity contribution in [3.05, 3.63) is 69.2 Å². The maximum Gasteiger partial charge on any atom is 0.155 e. The van der Waals surface area contributed by atoms with Crippen LogP contribution in [0.15, 0.2) is 42.5 Å². The molecule has 22 heavy (non-hydrogen) atoms. The molecule has 2 rings (SSSR count). The van der Waals surface area contributed by atoms with Gasteiger partial charge in [-0.2, -0.15) is 0 Å². The van der Waals surface area contributed by atoms with Gasteiger partial charge in [0.05, 0.1) is 5.97 Å². The zero-order valence-electron chi connectivity index (χ0n) is 12.1. The number of aliphatic carboxylic acids is 1. The molecule has 0 aliphatic heterocycles. The molecule has 0 spiro atoms. The van der Waals surface area contributed by atoms with E-state index in [1.807, 2.05) is 13.8 Å². The fourth-order valence-corrected chi connectivity index (χ4v) is 2.72. The summed E-state index contributed by atoms with van der Waals surface area (Å²) in [6, 6.07) is 10.7. The number of benzene rings is 2. The van der Waals surface area contributed by atoms with Gasteiger partial charge >= 0.3 is 0 Å². The first kappa shape index (κ1) is 16.8. The van der Waals surface area contributed by atoms with Crippen LogP contribution >= 0.6 is 23.2 Å². The van der Waals surface area contributed by atoms with Crippen molar-refractivity contribution >= 4 is 29.2 Å². The van der Waals surface area contributed by atoms with E-state index in [-0.39, 0.29) is 17.0 Å². The number of hydrogen-bond donors (Lipinski definition) is 1. The highest BCUT2D eigenvalue weighted by Crippen LogP contribution is 2.36. The van der Waals surface area contributed by atoms with Gasteiger partial charge in [-0.15, -0.1) is 0 Å². The molecule has 0 bridgehead atoms. The van der Waals surface area contributed by atoms with E-state index in [0.29, 0.717) is 15.6 Å². The molecule has 0 amide bonds. The molecule has 5 heteroatoms. The Labute approximate surface area is 139 Å². The first-order chi connectivity index (χ1) is 10.3. The summed E-state index contributed by atoms with van der Waals surface area (Å²) >= 11 is 11.8. The molecule has 1 atom stereocenters. The van der Waals surface area contributed by atoms with Gasteiger partial charge in [0.25, 0.3) is 0 Å². The summed E-state index contributed by atoms with van der Waals surface area (Å²) in [6.07, 6.45) is 0. The van der Waals surface area contributed by atoms with Crippen molar-refractivity contribution in [1.29, 1.82) is 0 Å². The highest BCUT2D eigenvalue weighted by molar-refractivity contribution is 6.31. The van der Waals surface area contributed by atoms with Crippen LogP contribution in [0.4, 0.5) is 0 Å². The van der Waals surface area contributed by atoms with E-state index in [2.05, 4.69) is 0 Å². The van der Waals surface area contributed by atoms with Gasteiger partial charge in [-0.25, -0.2) is 0 Å². The highest BCUT2D eigenvalue weighted by atomic mass is 35.5. The second-order valence-corrected chi connectivity index (χ2v) is 6.26. The average molecular weight is 338 g/mol. The van der Waals surface area contributed by atoms with Crippen molar-refractivity contribution in [2.24, 2.45) is 0 Å². The average Bonchev–Trinajstić information content (AvgIpc) is 2.46. The van der Waals surface area contributed by atoms with Crippen molar-refractivity contribution in [2.45, 2.75) is 25.4 Å². The third-order valence-electron chi connectivity index (χ3n) is 3.58. The summed E-state index contributed by atoms with van der Waals surface area (Å²) in [7, 11) is 0. The fraction of sp³-hybridized carbons (Fsp3) is 0.235. The quantitative estimate of drug-likeness (QED) is 0.932. The van der Waals surface area contributed by atoms with Crippen LogP contribution in [0.25, 0.3) is 0 Å².